The van der Waals surface area contributed by atoms with Crippen LogP contribution in [0.3, 0.4) is 0 Å². The highest BCUT2D eigenvalue weighted by molar-refractivity contribution is 7.11. The fraction of sp³-hybridized carbons (Fsp3) is 0.429. The van der Waals surface area contributed by atoms with E-state index in [1.165, 1.54) is 6.92 Å². The van der Waals surface area contributed by atoms with Gasteiger partial charge in [0, 0.05) is 4.88 Å². The minimum absolute atomic E-state index is 0.215. The lowest BCUT2D eigenvalue weighted by atomic mass is 10.4. The van der Waals surface area contributed by atoms with Crippen LogP contribution in [0.1, 0.15) is 20.4 Å². The van der Waals surface area contributed by atoms with Crippen LogP contribution in [0.15, 0.2) is 0 Å². The molecule has 14 heavy (non-hydrogen) atoms. The molecule has 0 fully saturated rings. The highest BCUT2D eigenvalue weighted by atomic mass is 32.1. The summed E-state index contributed by atoms with van der Waals surface area (Å²) in [7, 11) is 0. The Morgan fingerprint density at radius 3 is 2.50 bits per heavy atom. The van der Waals surface area contributed by atoms with Crippen LogP contribution in [0.4, 0.5) is 13.2 Å². The Bertz CT molecular complexity index is 358. The lowest BCUT2D eigenvalue weighted by Gasteiger charge is -2.01. The van der Waals surface area contributed by atoms with Crippen molar-refractivity contribution in [3.8, 4) is 0 Å². The maximum atomic E-state index is 11.9. The Balaban J connectivity index is 2.92. The third-order valence-electron chi connectivity index (χ3n) is 1.40. The molecular formula is C7H6F3NO2S. The average molecular weight is 225 g/mol. The largest absolute Gasteiger partial charge is 0.476 e. The van der Waals surface area contributed by atoms with Gasteiger partial charge in [0.1, 0.15) is 5.01 Å². The minimum atomic E-state index is -4.35. The van der Waals surface area contributed by atoms with Crippen molar-refractivity contribution in [1.82, 2.24) is 4.98 Å². The number of hydrogen-bond acceptors (Lipinski definition) is 3. The Kier molecular flexibility index (Phi) is 2.79. The first-order valence-corrected chi connectivity index (χ1v) is 4.37. The summed E-state index contributed by atoms with van der Waals surface area (Å²) in [5, 5.41) is 8.32. The molecule has 0 unspecified atom stereocenters. The second-order valence-electron chi connectivity index (χ2n) is 2.61. The lowest BCUT2D eigenvalue weighted by molar-refractivity contribution is -0.127. The molecular weight excluding hydrogens is 219 g/mol. The Morgan fingerprint density at radius 1 is 1.57 bits per heavy atom. The molecule has 0 aliphatic heterocycles. The van der Waals surface area contributed by atoms with Gasteiger partial charge in [0.25, 0.3) is 0 Å². The van der Waals surface area contributed by atoms with Crippen LogP contribution in [0, 0.1) is 6.92 Å². The lowest BCUT2D eigenvalue weighted by Crippen LogP contribution is -2.11. The van der Waals surface area contributed by atoms with Crippen LogP contribution < -0.4 is 0 Å². The first-order valence-electron chi connectivity index (χ1n) is 3.56. The van der Waals surface area contributed by atoms with Crippen molar-refractivity contribution < 1.29 is 23.1 Å². The molecule has 0 radical (unpaired) electrons. The number of nitrogens with zero attached hydrogens (tertiary/aromatic N) is 1. The van der Waals surface area contributed by atoms with Crippen molar-refractivity contribution in [2.75, 3.05) is 0 Å². The fourth-order valence-electron chi connectivity index (χ4n) is 0.897. The van der Waals surface area contributed by atoms with Crippen molar-refractivity contribution in [3.63, 3.8) is 0 Å². The number of carbonyl (C=O) groups is 1. The first kappa shape index (κ1) is 11.0. The second kappa shape index (κ2) is 3.56. The van der Waals surface area contributed by atoms with Crippen LogP contribution in [0.2, 0.25) is 0 Å². The van der Waals surface area contributed by atoms with Crippen molar-refractivity contribution in [2.24, 2.45) is 0 Å². The highest BCUT2D eigenvalue weighted by Gasteiger charge is 2.30. The number of halogens is 3. The van der Waals surface area contributed by atoms with E-state index in [1.54, 1.807) is 0 Å². The molecule has 1 aromatic rings. The zero-order valence-corrected chi connectivity index (χ0v) is 7.87. The van der Waals surface area contributed by atoms with E-state index in [2.05, 4.69) is 4.98 Å². The Morgan fingerprint density at radius 2 is 2.14 bits per heavy atom. The summed E-state index contributed by atoms with van der Waals surface area (Å²) >= 11 is 0.758. The van der Waals surface area contributed by atoms with E-state index in [0.717, 1.165) is 11.3 Å². The number of rotatable bonds is 2. The van der Waals surface area contributed by atoms with Gasteiger partial charge in [0.15, 0.2) is 5.69 Å². The van der Waals surface area contributed by atoms with Gasteiger partial charge in [0.05, 0.1) is 6.42 Å². The molecule has 78 valence electrons. The topological polar surface area (TPSA) is 50.2 Å². The normalized spacial score (nSPS) is 11.7. The number of thiazole rings is 1. The summed E-state index contributed by atoms with van der Waals surface area (Å²) in [5.41, 5.74) is -0.297. The van der Waals surface area contributed by atoms with Gasteiger partial charge in [-0.1, -0.05) is 0 Å². The van der Waals surface area contributed by atoms with Crippen LogP contribution in [0.25, 0.3) is 0 Å². The van der Waals surface area contributed by atoms with Crippen LogP contribution in [0.5, 0.6) is 0 Å². The van der Waals surface area contributed by atoms with E-state index in [0.29, 0.717) is 0 Å². The molecule has 1 N–H and O–H groups in total. The van der Waals surface area contributed by atoms with Crippen molar-refractivity contribution in [1.29, 1.82) is 0 Å². The number of carboxylic acid groups (broad SMARTS) is 1. The van der Waals surface area contributed by atoms with Crippen molar-refractivity contribution >= 4 is 17.3 Å². The third-order valence-corrected chi connectivity index (χ3v) is 2.37. The molecule has 0 aliphatic rings. The summed E-state index contributed by atoms with van der Waals surface area (Å²) in [4.78, 5) is 14.1. The standard InChI is InChI=1S/C7H6F3NO2S/c1-3-5(6(12)13)11-4(14-3)2-7(8,9)10/h2H2,1H3,(H,12,13). The number of carboxylic acids is 1. The monoisotopic (exact) mass is 225 g/mol. The zero-order valence-electron chi connectivity index (χ0n) is 7.05. The molecule has 0 saturated heterocycles. The molecule has 0 atom stereocenters. The number of aryl methyl sites for hydroxylation is 1. The molecule has 0 amide bonds. The van der Waals surface area contributed by atoms with E-state index in [9.17, 15) is 18.0 Å². The molecule has 1 rings (SSSR count). The quantitative estimate of drug-likeness (QED) is 0.839. The van der Waals surface area contributed by atoms with Crippen LogP contribution >= 0.6 is 11.3 Å². The van der Waals surface area contributed by atoms with Crippen LogP contribution in [-0.2, 0) is 6.42 Å². The maximum Gasteiger partial charge on any atom is 0.395 e. The number of hydrogen-bond donors (Lipinski definition) is 1. The number of aromatic nitrogens is 1. The highest BCUT2D eigenvalue weighted by Crippen LogP contribution is 2.25. The number of aromatic carboxylic acids is 1. The minimum Gasteiger partial charge on any atom is -0.476 e. The third kappa shape index (κ3) is 2.69. The molecule has 3 nitrogen and oxygen atoms in total. The van der Waals surface area contributed by atoms with Gasteiger partial charge in [-0.15, -0.1) is 11.3 Å². The molecule has 0 saturated carbocycles. The predicted octanol–water partition coefficient (Wildman–Crippen LogP) is 2.25. The van der Waals surface area contributed by atoms with Gasteiger partial charge in [-0.2, -0.15) is 13.2 Å². The second-order valence-corrected chi connectivity index (χ2v) is 3.90. The maximum absolute atomic E-state index is 11.9. The smallest absolute Gasteiger partial charge is 0.395 e. The summed E-state index contributed by atoms with van der Waals surface area (Å²) < 4.78 is 35.7. The fourth-order valence-corrected chi connectivity index (χ4v) is 1.85. The molecule has 0 aliphatic carbocycles. The summed E-state index contributed by atoms with van der Waals surface area (Å²) in [5.74, 6) is -1.30. The van der Waals surface area contributed by atoms with E-state index >= 15 is 0 Å². The van der Waals surface area contributed by atoms with E-state index < -0.39 is 18.6 Å². The average Bonchev–Trinajstić information content (AvgIpc) is 2.26. The predicted molar refractivity (Wildman–Crippen MR) is 43.6 cm³/mol. The molecule has 0 bridgehead atoms. The SMILES string of the molecule is Cc1sc(CC(F)(F)F)nc1C(=O)O. The van der Waals surface area contributed by atoms with Crippen LogP contribution in [-0.4, -0.2) is 22.2 Å². The van der Waals surface area contributed by atoms with Gasteiger partial charge in [-0.25, -0.2) is 9.78 Å². The van der Waals surface area contributed by atoms with Gasteiger partial charge < -0.3 is 5.11 Å². The summed E-state index contributed by atoms with van der Waals surface area (Å²) in [6.45, 7) is 1.43. The molecule has 1 aromatic heterocycles. The van der Waals surface area contributed by atoms with Gasteiger partial charge in [0.2, 0.25) is 0 Å². The zero-order chi connectivity index (χ0) is 10.9. The Hall–Kier alpha value is -1.11. The summed E-state index contributed by atoms with van der Waals surface area (Å²) in [6.07, 6.45) is -5.52. The van der Waals surface area contributed by atoms with E-state index in [4.69, 9.17) is 5.11 Å². The van der Waals surface area contributed by atoms with Gasteiger partial charge in [-0.05, 0) is 6.92 Å². The molecule has 7 heteroatoms. The molecule has 0 spiro atoms. The number of alkyl halides is 3. The summed E-state index contributed by atoms with van der Waals surface area (Å²) in [6, 6.07) is 0. The molecule has 1 heterocycles. The van der Waals surface area contributed by atoms with E-state index in [1.807, 2.05) is 0 Å². The van der Waals surface area contributed by atoms with E-state index in [-0.39, 0.29) is 15.6 Å². The van der Waals surface area contributed by atoms with Gasteiger partial charge >= 0.3 is 12.1 Å². The Labute approximate surface area is 81.2 Å². The van der Waals surface area contributed by atoms with Gasteiger partial charge in [-0.3, -0.25) is 0 Å². The van der Waals surface area contributed by atoms with Crippen molar-refractivity contribution in [2.45, 2.75) is 19.5 Å². The first-order chi connectivity index (χ1) is 6.29. The van der Waals surface area contributed by atoms with Crippen molar-refractivity contribution in [3.05, 3.63) is 15.6 Å². The molecule has 0 aromatic carbocycles.